The Balaban J connectivity index is 1.79. The molecule has 2 aliphatic rings. The van der Waals surface area contributed by atoms with E-state index in [4.69, 9.17) is 5.73 Å². The molecule has 0 radical (unpaired) electrons. The van der Waals surface area contributed by atoms with Gasteiger partial charge in [-0.25, -0.2) is 0 Å². The predicted octanol–water partition coefficient (Wildman–Crippen LogP) is 0.593. The van der Waals surface area contributed by atoms with Crippen molar-refractivity contribution in [2.75, 3.05) is 13.1 Å². The second kappa shape index (κ2) is 10.4. The van der Waals surface area contributed by atoms with E-state index in [9.17, 15) is 19.2 Å². The Morgan fingerprint density at radius 2 is 1.97 bits per heavy atom. The Kier molecular flexibility index (Phi) is 7.78. The monoisotopic (exact) mass is 472 g/mol. The van der Waals surface area contributed by atoms with E-state index in [1.807, 2.05) is 46.2 Å². The molecule has 1 aromatic rings. The van der Waals surface area contributed by atoms with Crippen molar-refractivity contribution in [1.82, 2.24) is 25.3 Å². The molecule has 2 heterocycles. The molecule has 1 fully saturated rings. The lowest BCUT2D eigenvalue weighted by Crippen LogP contribution is -2.51. The van der Waals surface area contributed by atoms with Crippen LogP contribution >= 0.6 is 0 Å². The number of nitrogens with two attached hydrogens (primary N) is 1. The average molecular weight is 473 g/mol. The number of primary amides is 1. The second-order valence-corrected chi connectivity index (χ2v) is 10.1. The van der Waals surface area contributed by atoms with Crippen LogP contribution in [-0.2, 0) is 26.2 Å². The standard InChI is InChI=1S/C24H36N6O4/c1-15(2)9-21(32)27-18(10-20(25)31)22(33)30-13-17(16-11-26-29(4)12-16)19(14-30)28-23(34)24(3)7-5-6-8-24/h5,7,11-12,15,17-19H,6,8-10,13-14H2,1-4H3,(H2,25,31)(H,27,32)(H,28,34)/t17-,18?,19+,24?/m0/s1. The van der Waals surface area contributed by atoms with Gasteiger partial charge in [-0.1, -0.05) is 26.0 Å². The van der Waals surface area contributed by atoms with E-state index in [2.05, 4.69) is 15.7 Å². The molecule has 4 N–H and O–H groups in total. The zero-order chi connectivity index (χ0) is 25.0. The van der Waals surface area contributed by atoms with Crippen molar-refractivity contribution in [2.45, 2.75) is 64.5 Å². The largest absolute Gasteiger partial charge is 0.370 e. The predicted molar refractivity (Wildman–Crippen MR) is 126 cm³/mol. The molecule has 186 valence electrons. The van der Waals surface area contributed by atoms with Gasteiger partial charge < -0.3 is 21.3 Å². The number of allylic oxidation sites excluding steroid dienone is 1. The third-order valence-electron chi connectivity index (χ3n) is 6.57. The molecular weight excluding hydrogens is 436 g/mol. The Bertz CT molecular complexity index is 970. The van der Waals surface area contributed by atoms with Gasteiger partial charge in [0.25, 0.3) is 0 Å². The fourth-order valence-corrected chi connectivity index (χ4v) is 4.68. The topological polar surface area (TPSA) is 139 Å². The zero-order valence-electron chi connectivity index (χ0n) is 20.4. The average Bonchev–Trinajstić information content (AvgIpc) is 3.46. The molecule has 3 rings (SSSR count). The lowest BCUT2D eigenvalue weighted by molar-refractivity contribution is -0.137. The first-order valence-electron chi connectivity index (χ1n) is 11.8. The minimum atomic E-state index is -1.04. The van der Waals surface area contributed by atoms with Crippen molar-refractivity contribution in [2.24, 2.45) is 24.1 Å². The van der Waals surface area contributed by atoms with Gasteiger partial charge >= 0.3 is 0 Å². The first-order valence-corrected chi connectivity index (χ1v) is 11.8. The number of aryl methyl sites for hydroxylation is 1. The normalized spacial score (nSPS) is 24.9. The van der Waals surface area contributed by atoms with E-state index < -0.39 is 17.4 Å². The smallest absolute Gasteiger partial charge is 0.245 e. The zero-order valence-corrected chi connectivity index (χ0v) is 20.4. The van der Waals surface area contributed by atoms with Crippen molar-refractivity contribution in [3.63, 3.8) is 0 Å². The quantitative estimate of drug-likeness (QED) is 0.452. The van der Waals surface area contributed by atoms with Gasteiger partial charge in [0.15, 0.2) is 0 Å². The summed E-state index contributed by atoms with van der Waals surface area (Å²) in [7, 11) is 1.81. The highest BCUT2D eigenvalue weighted by molar-refractivity contribution is 5.92. The number of hydrogen-bond donors (Lipinski definition) is 3. The van der Waals surface area contributed by atoms with Crippen molar-refractivity contribution >= 4 is 23.6 Å². The SMILES string of the molecule is CC(C)CC(=O)NC(CC(N)=O)C(=O)N1C[C@@H](NC(=O)C2(C)C=CCC2)[C@H](c2cnn(C)c2)C1. The number of aromatic nitrogens is 2. The molecule has 1 saturated heterocycles. The van der Waals surface area contributed by atoms with Crippen LogP contribution < -0.4 is 16.4 Å². The van der Waals surface area contributed by atoms with Gasteiger partial charge in [0.2, 0.25) is 23.6 Å². The molecule has 1 aliphatic carbocycles. The summed E-state index contributed by atoms with van der Waals surface area (Å²) in [6.45, 7) is 6.31. The maximum atomic E-state index is 13.4. The summed E-state index contributed by atoms with van der Waals surface area (Å²) in [5.41, 5.74) is 5.70. The lowest BCUT2D eigenvalue weighted by Gasteiger charge is -2.26. The lowest BCUT2D eigenvalue weighted by atomic mass is 9.88. The molecule has 1 aromatic heterocycles. The highest BCUT2D eigenvalue weighted by atomic mass is 16.2. The molecule has 1 aliphatic heterocycles. The van der Waals surface area contributed by atoms with Gasteiger partial charge in [0.05, 0.1) is 24.1 Å². The van der Waals surface area contributed by atoms with E-state index in [1.165, 1.54) is 0 Å². The number of carbonyl (C=O) groups excluding carboxylic acids is 4. The summed E-state index contributed by atoms with van der Waals surface area (Å²) >= 11 is 0. The molecule has 2 unspecified atom stereocenters. The highest BCUT2D eigenvalue weighted by Crippen LogP contribution is 2.34. The van der Waals surface area contributed by atoms with Crippen LogP contribution in [-0.4, -0.2) is 63.5 Å². The molecule has 0 saturated carbocycles. The Morgan fingerprint density at radius 1 is 1.24 bits per heavy atom. The molecule has 10 nitrogen and oxygen atoms in total. The maximum Gasteiger partial charge on any atom is 0.245 e. The van der Waals surface area contributed by atoms with Crippen molar-refractivity contribution in [1.29, 1.82) is 0 Å². The van der Waals surface area contributed by atoms with Crippen LogP contribution in [0.3, 0.4) is 0 Å². The summed E-state index contributed by atoms with van der Waals surface area (Å²) in [5, 5.41) is 10.1. The molecule has 0 spiro atoms. The van der Waals surface area contributed by atoms with Crippen molar-refractivity contribution < 1.29 is 19.2 Å². The number of hydrogen-bond acceptors (Lipinski definition) is 5. The number of nitrogens with one attached hydrogen (secondary N) is 2. The molecule has 4 atom stereocenters. The van der Waals surface area contributed by atoms with Gasteiger partial charge in [-0.2, -0.15) is 5.10 Å². The van der Waals surface area contributed by atoms with E-state index in [-0.39, 0.29) is 55.0 Å². The van der Waals surface area contributed by atoms with Crippen molar-refractivity contribution in [3.8, 4) is 0 Å². The van der Waals surface area contributed by atoms with Crippen molar-refractivity contribution in [3.05, 3.63) is 30.1 Å². The van der Waals surface area contributed by atoms with Crippen LogP contribution in [0.2, 0.25) is 0 Å². The van der Waals surface area contributed by atoms with Gasteiger partial charge in [-0.05, 0) is 31.2 Å². The Morgan fingerprint density at radius 3 is 2.53 bits per heavy atom. The number of carbonyl (C=O) groups is 4. The van der Waals surface area contributed by atoms with Gasteiger partial charge in [-0.3, -0.25) is 23.9 Å². The third-order valence-corrected chi connectivity index (χ3v) is 6.57. The first kappa shape index (κ1) is 25.5. The molecule has 0 bridgehead atoms. The van der Waals surface area contributed by atoms with Crippen LogP contribution in [0.25, 0.3) is 0 Å². The fourth-order valence-electron chi connectivity index (χ4n) is 4.68. The van der Waals surface area contributed by atoms with Crippen LogP contribution in [0.15, 0.2) is 24.5 Å². The van der Waals surface area contributed by atoms with Gasteiger partial charge in [0, 0.05) is 38.7 Å². The molecular formula is C24H36N6O4. The molecule has 10 heteroatoms. The number of likely N-dealkylation sites (tertiary alicyclic amines) is 1. The second-order valence-electron chi connectivity index (χ2n) is 10.1. The third kappa shape index (κ3) is 6.03. The van der Waals surface area contributed by atoms with E-state index in [1.54, 1.807) is 15.8 Å². The van der Waals surface area contributed by atoms with Crippen LogP contribution in [0.1, 0.15) is 57.9 Å². The molecule has 0 aromatic carbocycles. The minimum Gasteiger partial charge on any atom is -0.370 e. The summed E-state index contributed by atoms with van der Waals surface area (Å²) in [5.74, 6) is -1.49. The van der Waals surface area contributed by atoms with Gasteiger partial charge in [-0.15, -0.1) is 0 Å². The van der Waals surface area contributed by atoms with E-state index >= 15 is 0 Å². The molecule has 4 amide bonds. The maximum absolute atomic E-state index is 13.4. The summed E-state index contributed by atoms with van der Waals surface area (Å²) < 4.78 is 1.68. The number of amides is 4. The van der Waals surface area contributed by atoms with Crippen LogP contribution in [0.5, 0.6) is 0 Å². The fraction of sp³-hybridized carbons (Fsp3) is 0.625. The van der Waals surface area contributed by atoms with E-state index in [0.717, 1.165) is 18.4 Å². The highest BCUT2D eigenvalue weighted by Gasteiger charge is 2.42. The first-order chi connectivity index (χ1) is 16.0. The van der Waals surface area contributed by atoms with E-state index in [0.29, 0.717) is 6.54 Å². The Labute approximate surface area is 200 Å². The summed E-state index contributed by atoms with van der Waals surface area (Å²) in [6.07, 6.45) is 9.12. The summed E-state index contributed by atoms with van der Waals surface area (Å²) in [4.78, 5) is 52.1. The van der Waals surface area contributed by atoms with Crippen LogP contribution in [0, 0.1) is 11.3 Å². The minimum absolute atomic E-state index is 0.0756. The Hall–Kier alpha value is -3.17. The van der Waals surface area contributed by atoms with Crippen LogP contribution in [0.4, 0.5) is 0 Å². The number of nitrogens with zero attached hydrogens (tertiary/aromatic N) is 3. The number of rotatable bonds is 9. The summed E-state index contributed by atoms with van der Waals surface area (Å²) in [6, 6.07) is -1.37. The van der Waals surface area contributed by atoms with Gasteiger partial charge in [0.1, 0.15) is 6.04 Å². The molecule has 34 heavy (non-hydrogen) atoms.